The maximum absolute atomic E-state index is 4.27. The molecule has 2 aromatic rings. The molecule has 0 radical (unpaired) electrons. The van der Waals surface area contributed by atoms with E-state index in [0.29, 0.717) is 0 Å². The lowest BCUT2D eigenvalue weighted by molar-refractivity contribution is -0.692. The zero-order valence-corrected chi connectivity index (χ0v) is 9.64. The summed E-state index contributed by atoms with van der Waals surface area (Å²) in [6.45, 7) is 5.15. The van der Waals surface area contributed by atoms with Gasteiger partial charge in [-0.15, -0.1) is 0 Å². The van der Waals surface area contributed by atoms with Gasteiger partial charge in [-0.05, 0) is 37.6 Å². The Hall–Kier alpha value is -1.90. The van der Waals surface area contributed by atoms with Gasteiger partial charge in [-0.3, -0.25) is 0 Å². The Morgan fingerprint density at radius 2 is 2.25 bits per heavy atom. The number of anilines is 2. The summed E-state index contributed by atoms with van der Waals surface area (Å²) >= 11 is 0. The van der Waals surface area contributed by atoms with Gasteiger partial charge in [-0.25, -0.2) is 9.55 Å². The van der Waals surface area contributed by atoms with Crippen LogP contribution in [0.5, 0.6) is 0 Å². The molecule has 0 saturated carbocycles. The van der Waals surface area contributed by atoms with E-state index in [4.69, 9.17) is 0 Å². The molecular formula is C13H16N3+. The molecule has 0 spiro atoms. The maximum Gasteiger partial charge on any atom is 0.192 e. The second-order valence-corrected chi connectivity index (χ2v) is 3.77. The lowest BCUT2D eigenvalue weighted by Gasteiger charge is -2.04. The minimum Gasteiger partial charge on any atom is -0.335 e. The van der Waals surface area contributed by atoms with E-state index in [2.05, 4.69) is 41.1 Å². The van der Waals surface area contributed by atoms with Crippen LogP contribution >= 0.6 is 0 Å². The lowest BCUT2D eigenvalue weighted by atomic mass is 10.3. The van der Waals surface area contributed by atoms with Crippen molar-refractivity contribution < 1.29 is 4.57 Å². The van der Waals surface area contributed by atoms with Crippen LogP contribution < -0.4 is 9.88 Å². The molecule has 2 rings (SSSR count). The smallest absolute Gasteiger partial charge is 0.192 e. The van der Waals surface area contributed by atoms with Gasteiger partial charge in [0.2, 0.25) is 0 Å². The number of pyridine rings is 2. The molecule has 2 heterocycles. The molecule has 0 fully saturated rings. The molecule has 0 unspecified atom stereocenters. The van der Waals surface area contributed by atoms with Crippen LogP contribution in [-0.4, -0.2) is 4.98 Å². The van der Waals surface area contributed by atoms with Gasteiger partial charge in [-0.2, -0.15) is 0 Å². The first-order valence-electron chi connectivity index (χ1n) is 5.46. The number of nitrogens with one attached hydrogen (secondary N) is 1. The lowest BCUT2D eigenvalue weighted by Crippen LogP contribution is -2.31. The summed E-state index contributed by atoms with van der Waals surface area (Å²) in [5.74, 6) is 0.883. The SMILES string of the molecule is CC[n+]1cccc(Nc2cc(C)ccn2)c1. The standard InChI is InChI=1S/C13H16N3/c1-3-16-8-4-5-12(10-16)15-13-9-11(2)6-7-14-13/h4-10H,3H2,1-2H3,(H,14,15)/q+1. The Labute approximate surface area is 95.8 Å². The summed E-state index contributed by atoms with van der Waals surface area (Å²) in [5, 5.41) is 3.29. The quantitative estimate of drug-likeness (QED) is 0.795. The second kappa shape index (κ2) is 4.75. The molecule has 82 valence electrons. The first kappa shape index (κ1) is 10.6. The normalized spacial score (nSPS) is 10.1. The summed E-state index contributed by atoms with van der Waals surface area (Å²) in [4.78, 5) is 4.27. The monoisotopic (exact) mass is 214 g/mol. The third-order valence-corrected chi connectivity index (χ3v) is 2.41. The molecule has 0 aromatic carbocycles. The van der Waals surface area contributed by atoms with E-state index in [1.807, 2.05) is 30.5 Å². The van der Waals surface area contributed by atoms with Crippen LogP contribution in [-0.2, 0) is 6.54 Å². The van der Waals surface area contributed by atoms with Crippen LogP contribution in [0.15, 0.2) is 42.9 Å². The van der Waals surface area contributed by atoms with Gasteiger partial charge in [0.1, 0.15) is 18.1 Å². The fourth-order valence-corrected chi connectivity index (χ4v) is 1.55. The highest BCUT2D eigenvalue weighted by Gasteiger charge is 2.01. The van der Waals surface area contributed by atoms with E-state index in [-0.39, 0.29) is 0 Å². The molecule has 2 aromatic heterocycles. The van der Waals surface area contributed by atoms with Crippen molar-refractivity contribution in [3.8, 4) is 0 Å². The maximum atomic E-state index is 4.27. The topological polar surface area (TPSA) is 28.8 Å². The predicted molar refractivity (Wildman–Crippen MR) is 64.6 cm³/mol. The number of hydrogen-bond donors (Lipinski definition) is 1. The van der Waals surface area contributed by atoms with Gasteiger partial charge in [0.15, 0.2) is 12.4 Å². The molecule has 0 aliphatic carbocycles. The van der Waals surface area contributed by atoms with Gasteiger partial charge in [0.05, 0.1) is 0 Å². The van der Waals surface area contributed by atoms with Crippen molar-refractivity contribution in [1.82, 2.24) is 4.98 Å². The minimum atomic E-state index is 0.883. The summed E-state index contributed by atoms with van der Waals surface area (Å²) in [6.07, 6.45) is 5.94. The molecule has 0 amide bonds. The summed E-state index contributed by atoms with van der Waals surface area (Å²) in [6, 6.07) is 8.09. The van der Waals surface area contributed by atoms with Gasteiger partial charge in [0.25, 0.3) is 0 Å². The third kappa shape index (κ3) is 2.57. The molecule has 1 N–H and O–H groups in total. The molecule has 0 saturated heterocycles. The average molecular weight is 214 g/mol. The van der Waals surface area contributed by atoms with E-state index >= 15 is 0 Å². The van der Waals surface area contributed by atoms with Crippen LogP contribution in [0.3, 0.4) is 0 Å². The van der Waals surface area contributed by atoms with E-state index < -0.39 is 0 Å². The Bertz CT molecular complexity index is 480. The molecule has 0 aliphatic heterocycles. The van der Waals surface area contributed by atoms with E-state index in [0.717, 1.165) is 18.1 Å². The van der Waals surface area contributed by atoms with Gasteiger partial charge < -0.3 is 5.32 Å². The Morgan fingerprint density at radius 1 is 1.38 bits per heavy atom. The third-order valence-electron chi connectivity index (χ3n) is 2.41. The number of rotatable bonds is 3. The summed E-state index contributed by atoms with van der Waals surface area (Å²) < 4.78 is 2.12. The molecule has 0 bridgehead atoms. The highest BCUT2D eigenvalue weighted by molar-refractivity contribution is 5.54. The molecule has 3 heteroatoms. The Balaban J connectivity index is 2.20. The number of nitrogens with zero attached hydrogens (tertiary/aromatic N) is 2. The van der Waals surface area contributed by atoms with Crippen molar-refractivity contribution in [2.24, 2.45) is 0 Å². The zero-order chi connectivity index (χ0) is 11.4. The van der Waals surface area contributed by atoms with Crippen molar-refractivity contribution in [3.05, 3.63) is 48.4 Å². The van der Waals surface area contributed by atoms with Crippen LogP contribution in [0.2, 0.25) is 0 Å². The van der Waals surface area contributed by atoms with E-state index in [1.54, 1.807) is 0 Å². The zero-order valence-electron chi connectivity index (χ0n) is 9.64. The van der Waals surface area contributed by atoms with Crippen molar-refractivity contribution in [1.29, 1.82) is 0 Å². The first-order valence-corrected chi connectivity index (χ1v) is 5.46. The largest absolute Gasteiger partial charge is 0.335 e. The van der Waals surface area contributed by atoms with Crippen molar-refractivity contribution in [2.75, 3.05) is 5.32 Å². The average Bonchev–Trinajstić information content (AvgIpc) is 2.29. The summed E-state index contributed by atoms with van der Waals surface area (Å²) in [7, 11) is 0. The fraction of sp³-hybridized carbons (Fsp3) is 0.231. The van der Waals surface area contributed by atoms with Crippen LogP contribution in [0.4, 0.5) is 11.5 Å². The van der Waals surface area contributed by atoms with Crippen LogP contribution in [0, 0.1) is 6.92 Å². The van der Waals surface area contributed by atoms with Gasteiger partial charge in [-0.1, -0.05) is 0 Å². The highest BCUT2D eigenvalue weighted by atomic mass is 15.0. The van der Waals surface area contributed by atoms with Crippen molar-refractivity contribution >= 4 is 11.5 Å². The second-order valence-electron chi connectivity index (χ2n) is 3.77. The van der Waals surface area contributed by atoms with E-state index in [9.17, 15) is 0 Å². The van der Waals surface area contributed by atoms with Crippen LogP contribution in [0.25, 0.3) is 0 Å². The minimum absolute atomic E-state index is 0.883. The van der Waals surface area contributed by atoms with Gasteiger partial charge >= 0.3 is 0 Å². The Kier molecular flexibility index (Phi) is 3.15. The number of aryl methyl sites for hydroxylation is 2. The summed E-state index contributed by atoms with van der Waals surface area (Å²) in [5.41, 5.74) is 2.26. The van der Waals surface area contributed by atoms with Gasteiger partial charge in [0, 0.05) is 12.3 Å². The Morgan fingerprint density at radius 3 is 3.00 bits per heavy atom. The molecule has 0 atom stereocenters. The molecule has 3 nitrogen and oxygen atoms in total. The molecule has 16 heavy (non-hydrogen) atoms. The first-order chi connectivity index (χ1) is 7.78. The van der Waals surface area contributed by atoms with Crippen molar-refractivity contribution in [3.63, 3.8) is 0 Å². The number of aromatic nitrogens is 2. The van der Waals surface area contributed by atoms with E-state index in [1.165, 1.54) is 5.56 Å². The predicted octanol–water partition coefficient (Wildman–Crippen LogP) is 2.44. The van der Waals surface area contributed by atoms with Crippen molar-refractivity contribution in [2.45, 2.75) is 20.4 Å². The van der Waals surface area contributed by atoms with Crippen LogP contribution in [0.1, 0.15) is 12.5 Å². The molecule has 0 aliphatic rings. The fourth-order valence-electron chi connectivity index (χ4n) is 1.55. The number of hydrogen-bond acceptors (Lipinski definition) is 2. The molecular weight excluding hydrogens is 198 g/mol. The highest BCUT2D eigenvalue weighted by Crippen LogP contribution is 2.12.